The molecule has 0 amide bonds. The van der Waals surface area contributed by atoms with Gasteiger partial charge in [0, 0.05) is 18.0 Å². The molecule has 2 aromatic rings. The first-order valence-electron chi connectivity index (χ1n) is 7.01. The van der Waals surface area contributed by atoms with Crippen molar-refractivity contribution in [2.24, 2.45) is 0 Å². The normalized spacial score (nSPS) is 12.3. The number of thiophene rings is 1. The Balaban J connectivity index is 1.68. The summed E-state index contributed by atoms with van der Waals surface area (Å²) in [6.45, 7) is 3.54. The molecule has 5 heteroatoms. The predicted octanol–water partition coefficient (Wildman–Crippen LogP) is 2.98. The largest absolute Gasteiger partial charge is 0.491 e. The van der Waals surface area contributed by atoms with Gasteiger partial charge in [0.2, 0.25) is 0 Å². The fourth-order valence-electron chi connectivity index (χ4n) is 1.97. The highest BCUT2D eigenvalue weighted by molar-refractivity contribution is 7.10. The third-order valence-electron chi connectivity index (χ3n) is 3.14. The molecule has 2 rings (SSSR count). The second kappa shape index (κ2) is 8.12. The van der Waals surface area contributed by atoms with Crippen LogP contribution in [0.1, 0.15) is 17.4 Å². The molecule has 0 bridgehead atoms. The Bertz CT molecular complexity index is 541. The van der Waals surface area contributed by atoms with E-state index in [2.05, 4.69) is 23.7 Å². The van der Waals surface area contributed by atoms with Crippen LogP contribution in [0.4, 0.5) is 4.39 Å². The number of aryl methyl sites for hydroxylation is 1. The van der Waals surface area contributed by atoms with Gasteiger partial charge < -0.3 is 15.2 Å². The Hall–Kier alpha value is -1.43. The first kappa shape index (κ1) is 15.9. The van der Waals surface area contributed by atoms with Crippen molar-refractivity contribution in [1.82, 2.24) is 5.32 Å². The molecule has 0 radical (unpaired) electrons. The molecule has 0 saturated heterocycles. The van der Waals surface area contributed by atoms with Gasteiger partial charge in [0.25, 0.3) is 0 Å². The molecule has 0 aliphatic carbocycles. The van der Waals surface area contributed by atoms with Gasteiger partial charge in [-0.05, 0) is 47.7 Å². The Morgan fingerprint density at radius 3 is 2.76 bits per heavy atom. The van der Waals surface area contributed by atoms with Crippen LogP contribution in [0.5, 0.6) is 5.75 Å². The average molecular weight is 309 g/mol. The molecule has 0 fully saturated rings. The van der Waals surface area contributed by atoms with Gasteiger partial charge in [-0.2, -0.15) is 0 Å². The molecule has 114 valence electrons. The standard InChI is InChI=1S/C16H20FNO2S/c1-2-12-7-8-21-16(12)10-18-9-14(19)11-20-15-5-3-13(17)4-6-15/h3-8,14,18-19H,2,9-11H2,1H3. The van der Waals surface area contributed by atoms with E-state index < -0.39 is 6.10 Å². The number of benzene rings is 1. The summed E-state index contributed by atoms with van der Waals surface area (Å²) in [4.78, 5) is 1.31. The van der Waals surface area contributed by atoms with E-state index in [1.54, 1.807) is 23.5 Å². The fourth-order valence-corrected chi connectivity index (χ4v) is 2.92. The minimum absolute atomic E-state index is 0.184. The lowest BCUT2D eigenvalue weighted by Gasteiger charge is -2.13. The Morgan fingerprint density at radius 2 is 2.05 bits per heavy atom. The number of aliphatic hydroxyl groups excluding tert-OH is 1. The first-order chi connectivity index (χ1) is 10.2. The maximum absolute atomic E-state index is 12.7. The summed E-state index contributed by atoms with van der Waals surface area (Å²) in [5.74, 6) is 0.259. The summed E-state index contributed by atoms with van der Waals surface area (Å²) in [5, 5.41) is 15.2. The van der Waals surface area contributed by atoms with Crippen molar-refractivity contribution in [3.63, 3.8) is 0 Å². The predicted molar refractivity (Wildman–Crippen MR) is 83.3 cm³/mol. The van der Waals surface area contributed by atoms with Gasteiger partial charge in [-0.3, -0.25) is 0 Å². The number of hydrogen-bond acceptors (Lipinski definition) is 4. The molecule has 1 aromatic heterocycles. The van der Waals surface area contributed by atoms with E-state index in [4.69, 9.17) is 4.74 Å². The van der Waals surface area contributed by atoms with E-state index in [0.717, 1.165) is 13.0 Å². The van der Waals surface area contributed by atoms with Crippen LogP contribution in [-0.4, -0.2) is 24.4 Å². The minimum atomic E-state index is -0.597. The Kier molecular flexibility index (Phi) is 6.17. The molecule has 0 aliphatic heterocycles. The third kappa shape index (κ3) is 5.12. The number of rotatable bonds is 8. The molecule has 1 aromatic carbocycles. The monoisotopic (exact) mass is 309 g/mol. The summed E-state index contributed by atoms with van der Waals surface area (Å²) in [5.41, 5.74) is 1.35. The van der Waals surface area contributed by atoms with Crippen LogP contribution in [-0.2, 0) is 13.0 Å². The summed E-state index contributed by atoms with van der Waals surface area (Å²) >= 11 is 1.73. The van der Waals surface area contributed by atoms with Crippen LogP contribution in [0.25, 0.3) is 0 Å². The molecule has 0 saturated carbocycles. The van der Waals surface area contributed by atoms with Crippen molar-refractivity contribution in [1.29, 1.82) is 0 Å². The van der Waals surface area contributed by atoms with E-state index in [-0.39, 0.29) is 12.4 Å². The average Bonchev–Trinajstić information content (AvgIpc) is 2.94. The fraction of sp³-hybridized carbons (Fsp3) is 0.375. The summed E-state index contributed by atoms with van der Waals surface area (Å²) in [7, 11) is 0. The van der Waals surface area contributed by atoms with E-state index in [1.165, 1.54) is 22.6 Å². The molecule has 1 atom stereocenters. The summed E-state index contributed by atoms with van der Waals surface area (Å²) in [6, 6.07) is 7.91. The second-order valence-electron chi connectivity index (χ2n) is 4.77. The van der Waals surface area contributed by atoms with Crippen molar-refractivity contribution in [2.45, 2.75) is 26.0 Å². The van der Waals surface area contributed by atoms with Crippen molar-refractivity contribution < 1.29 is 14.2 Å². The zero-order valence-corrected chi connectivity index (χ0v) is 12.8. The zero-order valence-electron chi connectivity index (χ0n) is 12.0. The van der Waals surface area contributed by atoms with Gasteiger partial charge in [-0.1, -0.05) is 6.92 Å². The number of aliphatic hydroxyl groups is 1. The van der Waals surface area contributed by atoms with Gasteiger partial charge in [0.15, 0.2) is 0 Å². The van der Waals surface area contributed by atoms with Gasteiger partial charge >= 0.3 is 0 Å². The van der Waals surface area contributed by atoms with Crippen LogP contribution < -0.4 is 10.1 Å². The highest BCUT2D eigenvalue weighted by Crippen LogP contribution is 2.16. The molecule has 3 nitrogen and oxygen atoms in total. The SMILES string of the molecule is CCc1ccsc1CNCC(O)COc1ccc(F)cc1. The summed E-state index contributed by atoms with van der Waals surface area (Å²) in [6.07, 6.45) is 0.427. The molecule has 1 heterocycles. The lowest BCUT2D eigenvalue weighted by molar-refractivity contribution is 0.106. The van der Waals surface area contributed by atoms with Gasteiger partial charge in [-0.25, -0.2) is 4.39 Å². The van der Waals surface area contributed by atoms with Crippen LogP contribution in [0, 0.1) is 5.82 Å². The molecule has 1 unspecified atom stereocenters. The molecule has 21 heavy (non-hydrogen) atoms. The van der Waals surface area contributed by atoms with Crippen LogP contribution in [0.3, 0.4) is 0 Å². The quantitative estimate of drug-likeness (QED) is 0.788. The van der Waals surface area contributed by atoms with Gasteiger partial charge in [0.05, 0.1) is 0 Å². The maximum atomic E-state index is 12.7. The van der Waals surface area contributed by atoms with Crippen molar-refractivity contribution in [3.8, 4) is 5.75 Å². The van der Waals surface area contributed by atoms with Gasteiger partial charge in [-0.15, -0.1) is 11.3 Å². The third-order valence-corrected chi connectivity index (χ3v) is 4.10. The van der Waals surface area contributed by atoms with Gasteiger partial charge in [0.1, 0.15) is 24.3 Å². The summed E-state index contributed by atoms with van der Waals surface area (Å²) < 4.78 is 18.1. The topological polar surface area (TPSA) is 41.5 Å². The zero-order chi connectivity index (χ0) is 15.1. The highest BCUT2D eigenvalue weighted by Gasteiger charge is 2.07. The number of halogens is 1. The van der Waals surface area contributed by atoms with Crippen molar-refractivity contribution in [2.75, 3.05) is 13.2 Å². The molecule has 0 spiro atoms. The molecule has 0 aliphatic rings. The van der Waals surface area contributed by atoms with E-state index in [1.807, 2.05) is 0 Å². The Labute approximate surface area is 128 Å². The number of ether oxygens (including phenoxy) is 1. The molecule has 2 N–H and O–H groups in total. The van der Waals surface area contributed by atoms with E-state index in [0.29, 0.717) is 12.3 Å². The highest BCUT2D eigenvalue weighted by atomic mass is 32.1. The lowest BCUT2D eigenvalue weighted by atomic mass is 10.2. The minimum Gasteiger partial charge on any atom is -0.491 e. The van der Waals surface area contributed by atoms with Crippen LogP contribution in [0.2, 0.25) is 0 Å². The van der Waals surface area contributed by atoms with Crippen molar-refractivity contribution >= 4 is 11.3 Å². The molecular formula is C16H20FNO2S. The first-order valence-corrected chi connectivity index (χ1v) is 7.89. The maximum Gasteiger partial charge on any atom is 0.123 e. The van der Waals surface area contributed by atoms with Crippen molar-refractivity contribution in [3.05, 3.63) is 52.0 Å². The second-order valence-corrected chi connectivity index (χ2v) is 5.77. The Morgan fingerprint density at radius 1 is 1.29 bits per heavy atom. The molecular weight excluding hydrogens is 289 g/mol. The number of nitrogens with one attached hydrogen (secondary N) is 1. The van der Waals surface area contributed by atoms with E-state index >= 15 is 0 Å². The smallest absolute Gasteiger partial charge is 0.123 e. The lowest BCUT2D eigenvalue weighted by Crippen LogP contribution is -2.31. The van der Waals surface area contributed by atoms with E-state index in [9.17, 15) is 9.50 Å². The number of hydrogen-bond donors (Lipinski definition) is 2. The van der Waals surface area contributed by atoms with Crippen LogP contribution in [0.15, 0.2) is 35.7 Å². The van der Waals surface area contributed by atoms with Crippen LogP contribution >= 0.6 is 11.3 Å².